The summed E-state index contributed by atoms with van der Waals surface area (Å²) < 4.78 is 1.74. The van der Waals surface area contributed by atoms with Crippen LogP contribution in [0, 0.1) is 0 Å². The van der Waals surface area contributed by atoms with Crippen molar-refractivity contribution in [3.63, 3.8) is 0 Å². The topological polar surface area (TPSA) is 41.4 Å². The number of hydrogen-bond donors (Lipinski definition) is 0. The molecule has 0 unspecified atom stereocenters. The van der Waals surface area contributed by atoms with Gasteiger partial charge in [0, 0.05) is 50.5 Å². The van der Waals surface area contributed by atoms with E-state index in [1.807, 2.05) is 13.8 Å². The van der Waals surface area contributed by atoms with Crippen LogP contribution in [0.5, 0.6) is 0 Å². The first kappa shape index (κ1) is 15.3. The van der Waals surface area contributed by atoms with Gasteiger partial charge in [0.05, 0.1) is 0 Å². The van der Waals surface area contributed by atoms with E-state index < -0.39 is 0 Å². The summed E-state index contributed by atoms with van der Waals surface area (Å²) in [4.78, 5) is 21.2. The summed E-state index contributed by atoms with van der Waals surface area (Å²) in [7, 11) is 0. The molecule has 1 aromatic rings. The summed E-state index contributed by atoms with van der Waals surface area (Å²) >= 11 is 5.80. The molecule has 0 aliphatic carbocycles. The second-order valence-corrected chi connectivity index (χ2v) is 5.81. The first-order chi connectivity index (χ1) is 9.63. The Labute approximate surface area is 125 Å². The van der Waals surface area contributed by atoms with Crippen LogP contribution in [0.4, 0.5) is 5.82 Å². The van der Waals surface area contributed by atoms with E-state index in [4.69, 9.17) is 11.6 Å². The second kappa shape index (κ2) is 7.09. The largest absolute Gasteiger partial charge is 0.351 e. The second-order valence-electron chi connectivity index (χ2n) is 5.43. The lowest BCUT2D eigenvalue weighted by Gasteiger charge is -2.22. The Morgan fingerprint density at radius 2 is 2.10 bits per heavy atom. The first-order valence-corrected chi connectivity index (χ1v) is 7.77. The summed E-state index contributed by atoms with van der Waals surface area (Å²) in [5, 5.41) is 0. The minimum Gasteiger partial charge on any atom is -0.351 e. The predicted molar refractivity (Wildman–Crippen MR) is 82.9 cm³/mol. The minimum absolute atomic E-state index is 0.00768. The number of alkyl halides is 1. The van der Waals surface area contributed by atoms with Gasteiger partial charge in [-0.2, -0.15) is 0 Å². The molecule has 0 bridgehead atoms. The number of halogens is 1. The maximum absolute atomic E-state index is 12.5. The van der Waals surface area contributed by atoms with Crippen molar-refractivity contribution in [2.75, 3.05) is 43.5 Å². The van der Waals surface area contributed by atoms with Crippen LogP contribution < -0.4 is 10.5 Å². The lowest BCUT2D eigenvalue weighted by Crippen LogP contribution is -2.37. The Balaban J connectivity index is 2.16. The first-order valence-electron chi connectivity index (χ1n) is 7.24. The van der Waals surface area contributed by atoms with E-state index >= 15 is 0 Å². The van der Waals surface area contributed by atoms with Gasteiger partial charge in [-0.25, -0.2) is 4.98 Å². The Kier molecular flexibility index (Phi) is 5.43. The molecule has 6 heteroatoms. The predicted octanol–water partition coefficient (Wildman–Crippen LogP) is 1.58. The van der Waals surface area contributed by atoms with Crippen molar-refractivity contribution in [2.24, 2.45) is 0 Å². The zero-order valence-corrected chi connectivity index (χ0v) is 13.0. The summed E-state index contributed by atoms with van der Waals surface area (Å²) in [5.41, 5.74) is 0.00768. The third-order valence-electron chi connectivity index (χ3n) is 3.70. The molecule has 2 rings (SSSR count). The van der Waals surface area contributed by atoms with Crippen molar-refractivity contribution in [3.8, 4) is 0 Å². The molecule has 112 valence electrons. The summed E-state index contributed by atoms with van der Waals surface area (Å²) in [6.45, 7) is 8.61. The van der Waals surface area contributed by atoms with E-state index in [2.05, 4.69) is 14.8 Å². The minimum atomic E-state index is 0.00768. The monoisotopic (exact) mass is 298 g/mol. The normalized spacial score (nSPS) is 17.5. The Morgan fingerprint density at radius 1 is 1.30 bits per heavy atom. The van der Waals surface area contributed by atoms with E-state index in [0.29, 0.717) is 11.7 Å². The van der Waals surface area contributed by atoms with Crippen LogP contribution in [0.3, 0.4) is 0 Å². The molecule has 1 aromatic heterocycles. The molecular formula is C14H23ClN4O. The van der Waals surface area contributed by atoms with Crippen LogP contribution in [0.15, 0.2) is 17.2 Å². The van der Waals surface area contributed by atoms with Gasteiger partial charge in [-0.1, -0.05) is 0 Å². The molecule has 1 saturated heterocycles. The van der Waals surface area contributed by atoms with E-state index in [1.165, 1.54) is 0 Å². The molecule has 0 amide bonds. The van der Waals surface area contributed by atoms with Gasteiger partial charge in [0.15, 0.2) is 5.82 Å². The third-order valence-corrected chi connectivity index (χ3v) is 3.86. The Morgan fingerprint density at radius 3 is 2.80 bits per heavy atom. The Hall–Kier alpha value is -1.07. The van der Waals surface area contributed by atoms with Crippen molar-refractivity contribution >= 4 is 17.4 Å². The lowest BCUT2D eigenvalue weighted by atomic mass is 10.3. The lowest BCUT2D eigenvalue weighted by molar-refractivity contribution is 0.311. The van der Waals surface area contributed by atoms with Gasteiger partial charge in [0.25, 0.3) is 5.56 Å². The quantitative estimate of drug-likeness (QED) is 0.792. The molecule has 0 N–H and O–H groups in total. The van der Waals surface area contributed by atoms with E-state index in [0.717, 1.165) is 39.1 Å². The zero-order chi connectivity index (χ0) is 14.5. The number of anilines is 1. The van der Waals surface area contributed by atoms with Gasteiger partial charge in [0.1, 0.15) is 0 Å². The molecule has 5 nitrogen and oxygen atoms in total. The smallest absolute Gasteiger partial charge is 0.293 e. The van der Waals surface area contributed by atoms with Gasteiger partial charge in [-0.05, 0) is 26.8 Å². The highest BCUT2D eigenvalue weighted by atomic mass is 35.5. The number of rotatable bonds is 4. The van der Waals surface area contributed by atoms with Crippen LogP contribution in [-0.4, -0.2) is 53.1 Å². The summed E-state index contributed by atoms with van der Waals surface area (Å²) in [5.74, 6) is 1.23. The number of hydrogen-bond acceptors (Lipinski definition) is 4. The van der Waals surface area contributed by atoms with E-state index in [1.54, 1.807) is 17.0 Å². The highest BCUT2D eigenvalue weighted by Crippen LogP contribution is 2.10. The summed E-state index contributed by atoms with van der Waals surface area (Å²) in [6, 6.07) is 0.156. The zero-order valence-electron chi connectivity index (χ0n) is 12.3. The average Bonchev–Trinajstić information content (AvgIpc) is 2.65. The molecule has 1 fully saturated rings. The van der Waals surface area contributed by atoms with Crippen molar-refractivity contribution in [2.45, 2.75) is 26.3 Å². The van der Waals surface area contributed by atoms with Gasteiger partial charge >= 0.3 is 0 Å². The molecule has 0 saturated carbocycles. The maximum Gasteiger partial charge on any atom is 0.293 e. The summed E-state index contributed by atoms with van der Waals surface area (Å²) in [6.07, 6.45) is 4.51. The highest BCUT2D eigenvalue weighted by Gasteiger charge is 2.19. The fourth-order valence-corrected chi connectivity index (χ4v) is 2.80. The van der Waals surface area contributed by atoms with Crippen molar-refractivity contribution in [1.82, 2.24) is 14.5 Å². The molecule has 1 aliphatic heterocycles. The molecule has 1 aliphatic rings. The molecular weight excluding hydrogens is 276 g/mol. The van der Waals surface area contributed by atoms with Crippen LogP contribution in [0.1, 0.15) is 26.3 Å². The van der Waals surface area contributed by atoms with Crippen LogP contribution in [0.2, 0.25) is 0 Å². The van der Waals surface area contributed by atoms with Crippen molar-refractivity contribution < 1.29 is 0 Å². The fraction of sp³-hybridized carbons (Fsp3) is 0.714. The van der Waals surface area contributed by atoms with Crippen molar-refractivity contribution in [3.05, 3.63) is 22.7 Å². The number of nitrogens with zero attached hydrogens (tertiary/aromatic N) is 4. The van der Waals surface area contributed by atoms with Crippen molar-refractivity contribution in [1.29, 1.82) is 0 Å². The third kappa shape index (κ3) is 3.52. The van der Waals surface area contributed by atoms with Crippen LogP contribution in [0.25, 0.3) is 0 Å². The molecule has 0 radical (unpaired) electrons. The fourth-order valence-electron chi connectivity index (χ4n) is 2.56. The van der Waals surface area contributed by atoms with E-state index in [-0.39, 0.29) is 11.6 Å². The van der Waals surface area contributed by atoms with Crippen LogP contribution in [-0.2, 0) is 0 Å². The van der Waals surface area contributed by atoms with Gasteiger partial charge < -0.3 is 14.4 Å². The number of aromatic nitrogens is 2. The molecule has 2 heterocycles. The molecule has 0 spiro atoms. The maximum atomic E-state index is 12.5. The molecule has 0 atom stereocenters. The molecule has 20 heavy (non-hydrogen) atoms. The van der Waals surface area contributed by atoms with Gasteiger partial charge in [-0.3, -0.25) is 4.79 Å². The SMILES string of the molecule is CC(C)n1ccnc(N2CCCN(CCCl)CC2)c1=O. The van der Waals surface area contributed by atoms with E-state index in [9.17, 15) is 4.79 Å². The van der Waals surface area contributed by atoms with Crippen LogP contribution >= 0.6 is 11.6 Å². The van der Waals surface area contributed by atoms with Gasteiger partial charge in [0.2, 0.25) is 0 Å². The Bertz CT molecular complexity index is 488. The van der Waals surface area contributed by atoms with Gasteiger partial charge in [-0.15, -0.1) is 11.6 Å². The highest BCUT2D eigenvalue weighted by molar-refractivity contribution is 6.18. The molecule has 0 aromatic carbocycles. The average molecular weight is 299 g/mol. The standard InChI is InChI=1S/C14H23ClN4O/c1-12(2)19-9-5-16-13(14(19)20)18-7-3-6-17(8-4-15)10-11-18/h5,9,12H,3-4,6-8,10-11H2,1-2H3.